The predicted molar refractivity (Wildman–Crippen MR) is 186 cm³/mol. The first-order valence-electron chi connectivity index (χ1n) is 15.7. The molecule has 0 saturated carbocycles. The number of benzene rings is 3. The molecule has 12 heteroatoms. The molecule has 1 aliphatic rings. The van der Waals surface area contributed by atoms with Crippen molar-refractivity contribution < 1.29 is 24.6 Å². The molecule has 0 radical (unpaired) electrons. The summed E-state index contributed by atoms with van der Waals surface area (Å²) in [6.07, 6.45) is 2.21. The first-order chi connectivity index (χ1) is 22.5. The highest BCUT2D eigenvalue weighted by Gasteiger charge is 2.32. The lowest BCUT2D eigenvalue weighted by molar-refractivity contribution is -0.120. The Balaban J connectivity index is 1.50. The second kappa shape index (κ2) is 16.6. The zero-order valence-electron chi connectivity index (χ0n) is 27.4. The molecule has 0 aromatic heterocycles. The lowest BCUT2D eigenvalue weighted by Crippen LogP contribution is -2.55. The summed E-state index contributed by atoms with van der Waals surface area (Å²) in [5, 5.41) is 33.0. The molecule has 1 aliphatic heterocycles. The van der Waals surface area contributed by atoms with Crippen LogP contribution in [-0.2, 0) is 24.3 Å². The van der Waals surface area contributed by atoms with Gasteiger partial charge in [0, 0.05) is 42.8 Å². The van der Waals surface area contributed by atoms with Gasteiger partial charge in [0.25, 0.3) is 0 Å². The van der Waals surface area contributed by atoms with Crippen molar-refractivity contribution >= 4 is 35.4 Å². The Morgan fingerprint density at radius 1 is 1.04 bits per heavy atom. The van der Waals surface area contributed by atoms with Crippen LogP contribution >= 0.6 is 11.8 Å². The van der Waals surface area contributed by atoms with Crippen LogP contribution in [0, 0.1) is 0 Å². The number of aryl methyl sites for hydroxylation is 1. The largest absolute Gasteiger partial charge is 0.394 e. The summed E-state index contributed by atoms with van der Waals surface area (Å²) in [6, 6.07) is 20.6. The number of aliphatic hydroxyl groups excluding tert-OH is 2. The van der Waals surface area contributed by atoms with Crippen LogP contribution in [0.5, 0.6) is 0 Å². The summed E-state index contributed by atoms with van der Waals surface area (Å²) >= 11 is 1.64. The molecule has 4 rings (SSSR count). The van der Waals surface area contributed by atoms with Crippen LogP contribution in [0.4, 0.5) is 15.3 Å². The maximum Gasteiger partial charge on any atom is 0.315 e. The zero-order chi connectivity index (χ0) is 34.0. The molecule has 5 amide bonds. The second-order valence-electron chi connectivity index (χ2n) is 12.2. The molecule has 252 valence electrons. The number of β-amino-alcohol motifs (C(OH)–C–C–N with tert-alkyl or cyclic N) is 1. The molecule has 0 saturated heterocycles. The first-order valence-corrected chi connectivity index (χ1v) is 17.0. The molecule has 0 bridgehead atoms. The van der Waals surface area contributed by atoms with Gasteiger partial charge in [-0.2, -0.15) is 0 Å². The number of thioether (sulfide) groups is 1. The molecule has 0 fully saturated rings. The maximum absolute atomic E-state index is 14.1. The molecular formula is C35H46N6O5S. The van der Waals surface area contributed by atoms with Gasteiger partial charge in [0.2, 0.25) is 5.91 Å². The third-order valence-corrected chi connectivity index (χ3v) is 8.88. The van der Waals surface area contributed by atoms with Gasteiger partial charge in [0.15, 0.2) is 0 Å². The van der Waals surface area contributed by atoms with Crippen LogP contribution in [0.3, 0.4) is 0 Å². The Bertz CT molecular complexity index is 1530. The molecular weight excluding hydrogens is 616 g/mol. The van der Waals surface area contributed by atoms with Crippen LogP contribution in [0.2, 0.25) is 0 Å². The highest BCUT2D eigenvalue weighted by atomic mass is 32.2. The fourth-order valence-electron chi connectivity index (χ4n) is 5.40. The van der Waals surface area contributed by atoms with E-state index >= 15 is 0 Å². The Hall–Kier alpha value is -4.10. The molecule has 47 heavy (non-hydrogen) atoms. The highest BCUT2D eigenvalue weighted by Crippen LogP contribution is 2.32. The van der Waals surface area contributed by atoms with E-state index in [4.69, 9.17) is 5.11 Å². The van der Waals surface area contributed by atoms with Crippen molar-refractivity contribution in [3.63, 3.8) is 0 Å². The van der Waals surface area contributed by atoms with Gasteiger partial charge in [-0.3, -0.25) is 4.79 Å². The SMILES string of the molecule is CNC(=O)NCc1ccccc1-c1ccc(CN2C(=O)[C@H](NC(=O)NCC(C)(C)NC[C@H](O)CO)CCc3cc(SC)ccc32)cc1. The lowest BCUT2D eigenvalue weighted by atomic mass is 9.98. The quantitative estimate of drug-likeness (QED) is 0.139. The average molecular weight is 663 g/mol. The summed E-state index contributed by atoms with van der Waals surface area (Å²) in [4.78, 5) is 41.7. The second-order valence-corrected chi connectivity index (χ2v) is 13.1. The normalized spacial score (nSPS) is 15.3. The van der Waals surface area contributed by atoms with Crippen LogP contribution in [0.1, 0.15) is 37.0 Å². The molecule has 3 aromatic carbocycles. The molecule has 3 aromatic rings. The minimum Gasteiger partial charge on any atom is -0.394 e. The molecule has 0 spiro atoms. The topological polar surface area (TPSA) is 155 Å². The van der Waals surface area contributed by atoms with E-state index in [1.165, 1.54) is 0 Å². The number of rotatable bonds is 13. The number of hydrogen-bond acceptors (Lipinski definition) is 7. The van der Waals surface area contributed by atoms with E-state index in [0.717, 1.165) is 38.4 Å². The number of urea groups is 2. The number of carbonyl (C=O) groups excluding carboxylic acids is 3. The zero-order valence-corrected chi connectivity index (χ0v) is 28.2. The van der Waals surface area contributed by atoms with Crippen molar-refractivity contribution in [1.29, 1.82) is 0 Å². The summed E-state index contributed by atoms with van der Waals surface area (Å²) in [7, 11) is 1.58. The van der Waals surface area contributed by atoms with Crippen molar-refractivity contribution in [1.82, 2.24) is 26.6 Å². The van der Waals surface area contributed by atoms with Crippen molar-refractivity contribution in [2.75, 3.05) is 37.9 Å². The molecule has 1 heterocycles. The number of fused-ring (bicyclic) bond motifs is 1. The minimum atomic E-state index is -0.893. The number of nitrogens with zero attached hydrogens (tertiary/aromatic N) is 1. The van der Waals surface area contributed by atoms with Gasteiger partial charge in [-0.1, -0.05) is 48.5 Å². The van der Waals surface area contributed by atoms with Crippen LogP contribution in [0.25, 0.3) is 11.1 Å². The van der Waals surface area contributed by atoms with Gasteiger partial charge >= 0.3 is 12.1 Å². The summed E-state index contributed by atoms with van der Waals surface area (Å²) < 4.78 is 0. The van der Waals surface area contributed by atoms with Crippen LogP contribution < -0.4 is 31.5 Å². The summed E-state index contributed by atoms with van der Waals surface area (Å²) in [5.74, 6) is -0.186. The fourth-order valence-corrected chi connectivity index (χ4v) is 5.87. The van der Waals surface area contributed by atoms with Gasteiger partial charge in [-0.25, -0.2) is 9.59 Å². The number of aliphatic hydroxyl groups is 2. The van der Waals surface area contributed by atoms with Crippen LogP contribution in [0.15, 0.2) is 71.6 Å². The van der Waals surface area contributed by atoms with Crippen molar-refractivity contribution in [3.8, 4) is 11.1 Å². The van der Waals surface area contributed by atoms with Crippen molar-refractivity contribution in [2.45, 2.75) is 62.4 Å². The van der Waals surface area contributed by atoms with Crippen molar-refractivity contribution in [3.05, 3.63) is 83.4 Å². The molecule has 7 N–H and O–H groups in total. The number of carbonyl (C=O) groups is 3. The molecule has 0 unspecified atom stereocenters. The number of nitrogens with one attached hydrogen (secondary N) is 5. The van der Waals surface area contributed by atoms with E-state index in [-0.39, 0.29) is 31.6 Å². The first kappa shape index (κ1) is 35.7. The summed E-state index contributed by atoms with van der Waals surface area (Å²) in [6.45, 7) is 4.54. The molecule has 0 aliphatic carbocycles. The third kappa shape index (κ3) is 9.94. The van der Waals surface area contributed by atoms with Gasteiger partial charge < -0.3 is 41.7 Å². The average Bonchev–Trinajstić information content (AvgIpc) is 3.21. The number of hydrogen-bond donors (Lipinski definition) is 7. The number of anilines is 1. The monoisotopic (exact) mass is 662 g/mol. The third-order valence-electron chi connectivity index (χ3n) is 8.16. The smallest absolute Gasteiger partial charge is 0.315 e. The van der Waals surface area contributed by atoms with Crippen molar-refractivity contribution in [2.24, 2.45) is 0 Å². The molecule has 2 atom stereocenters. The van der Waals surface area contributed by atoms with Gasteiger partial charge in [-0.05, 0) is 79.0 Å². The van der Waals surface area contributed by atoms with Gasteiger partial charge in [0.05, 0.1) is 19.3 Å². The standard InChI is InChI=1S/C35H46N6O5S/c1-35(2,39-19-27(43)21-42)22-38-34(46)40-30-15-13-25-17-28(47-4)14-16-31(25)41(32(30)44)20-23-9-11-24(12-10-23)29-8-6-5-7-26(29)18-37-33(45)36-3/h5-12,14,16-17,27,30,39,42-43H,13,15,18-22H2,1-4H3,(H2,36,37,45)(H2,38,40,46)/t27-,30+/m0/s1. The van der Waals surface area contributed by atoms with E-state index < -0.39 is 23.7 Å². The Kier molecular flexibility index (Phi) is 12.7. The summed E-state index contributed by atoms with van der Waals surface area (Å²) in [5.41, 5.74) is 5.26. The van der Waals surface area contributed by atoms with Crippen LogP contribution in [-0.4, -0.2) is 78.9 Å². The predicted octanol–water partition coefficient (Wildman–Crippen LogP) is 3.37. The van der Waals surface area contributed by atoms with Gasteiger partial charge in [0.1, 0.15) is 6.04 Å². The fraction of sp³-hybridized carbons (Fsp3) is 0.400. The van der Waals surface area contributed by atoms with Gasteiger partial charge in [-0.15, -0.1) is 11.8 Å². The van der Waals surface area contributed by atoms with E-state index in [1.54, 1.807) is 23.7 Å². The Morgan fingerprint density at radius 2 is 1.79 bits per heavy atom. The van der Waals surface area contributed by atoms with E-state index in [2.05, 4.69) is 32.7 Å². The van der Waals surface area contributed by atoms with E-state index in [1.807, 2.05) is 80.8 Å². The minimum absolute atomic E-state index is 0.182. The highest BCUT2D eigenvalue weighted by molar-refractivity contribution is 7.98. The van der Waals surface area contributed by atoms with E-state index in [0.29, 0.717) is 25.9 Å². The maximum atomic E-state index is 14.1. The lowest BCUT2D eigenvalue weighted by Gasteiger charge is -2.29. The molecule has 11 nitrogen and oxygen atoms in total. The Labute approximate surface area is 280 Å². The number of amides is 5. The van der Waals surface area contributed by atoms with E-state index in [9.17, 15) is 19.5 Å². The Morgan fingerprint density at radius 3 is 2.49 bits per heavy atom.